The van der Waals surface area contributed by atoms with Crippen LogP contribution in [0.25, 0.3) is 10.7 Å². The molecule has 2 aromatic heterocycles. The summed E-state index contributed by atoms with van der Waals surface area (Å²) in [5, 5.41) is 4.81. The van der Waals surface area contributed by atoms with Crippen molar-refractivity contribution in [2.45, 2.75) is 65.8 Å². The van der Waals surface area contributed by atoms with Gasteiger partial charge in [-0.3, -0.25) is 0 Å². The number of pyridine rings is 1. The Morgan fingerprint density at radius 1 is 0.929 bits per heavy atom. The van der Waals surface area contributed by atoms with E-state index in [1.54, 1.807) is 11.3 Å². The third-order valence-corrected chi connectivity index (χ3v) is 5.98. The minimum absolute atomic E-state index is 0.309. The van der Waals surface area contributed by atoms with Gasteiger partial charge in [-0.05, 0) is 55.9 Å². The number of hydrogen-bond acceptors (Lipinski definition) is 4. The lowest BCUT2D eigenvalue weighted by atomic mass is 9.90. The van der Waals surface area contributed by atoms with E-state index in [4.69, 9.17) is 4.98 Å². The second kappa shape index (κ2) is 8.04. The quantitative estimate of drug-likeness (QED) is 0.485. The molecule has 3 nitrogen and oxygen atoms in total. The number of para-hydroxylation sites is 1. The van der Waals surface area contributed by atoms with Gasteiger partial charge in [0.05, 0.1) is 16.9 Å². The Morgan fingerprint density at radius 3 is 2.07 bits per heavy atom. The molecule has 0 amide bonds. The number of aryl methyl sites for hydroxylation is 1. The second-order valence-electron chi connectivity index (χ2n) is 8.55. The number of nitrogens with zero attached hydrogens (tertiary/aromatic N) is 2. The van der Waals surface area contributed by atoms with Crippen LogP contribution in [0.1, 0.15) is 75.1 Å². The van der Waals surface area contributed by atoms with Crippen LogP contribution in [0.4, 0.5) is 5.69 Å². The Balaban J connectivity index is 2.01. The number of hydrogen-bond donors (Lipinski definition) is 1. The highest BCUT2D eigenvalue weighted by atomic mass is 32.1. The van der Waals surface area contributed by atoms with Crippen molar-refractivity contribution >= 4 is 17.0 Å². The molecule has 0 spiro atoms. The molecule has 0 aliphatic rings. The van der Waals surface area contributed by atoms with E-state index in [2.05, 4.69) is 89.1 Å². The van der Waals surface area contributed by atoms with E-state index in [1.165, 1.54) is 21.7 Å². The van der Waals surface area contributed by atoms with Crippen LogP contribution in [0, 0.1) is 6.92 Å². The predicted octanol–water partition coefficient (Wildman–Crippen LogP) is 7.11. The van der Waals surface area contributed by atoms with Crippen molar-refractivity contribution in [2.24, 2.45) is 0 Å². The molecule has 0 fully saturated rings. The number of rotatable bonds is 6. The smallest absolute Gasteiger partial charge is 0.142 e. The predicted molar refractivity (Wildman–Crippen MR) is 121 cm³/mol. The molecule has 0 aliphatic heterocycles. The second-order valence-corrected chi connectivity index (χ2v) is 9.79. The molecule has 0 saturated heterocycles. The Hall–Kier alpha value is -2.20. The first-order valence-electron chi connectivity index (χ1n) is 10.0. The molecule has 3 aromatic rings. The van der Waals surface area contributed by atoms with E-state index in [0.717, 1.165) is 16.4 Å². The molecule has 0 saturated carbocycles. The molecule has 3 rings (SSSR count). The summed E-state index contributed by atoms with van der Waals surface area (Å²) >= 11 is 1.68. The average molecular weight is 394 g/mol. The topological polar surface area (TPSA) is 37.8 Å². The van der Waals surface area contributed by atoms with Gasteiger partial charge in [0, 0.05) is 16.8 Å². The van der Waals surface area contributed by atoms with Crippen LogP contribution < -0.4 is 5.32 Å². The first-order chi connectivity index (χ1) is 13.2. The lowest BCUT2D eigenvalue weighted by Crippen LogP contribution is -2.30. The molecule has 0 radical (unpaired) electrons. The van der Waals surface area contributed by atoms with Gasteiger partial charge < -0.3 is 5.32 Å². The number of aromatic nitrogens is 2. The van der Waals surface area contributed by atoms with Gasteiger partial charge in [-0.2, -0.15) is 0 Å². The lowest BCUT2D eigenvalue weighted by Gasteiger charge is -2.31. The van der Waals surface area contributed by atoms with Crippen molar-refractivity contribution < 1.29 is 0 Å². The number of benzene rings is 1. The van der Waals surface area contributed by atoms with E-state index in [1.807, 2.05) is 12.3 Å². The summed E-state index contributed by atoms with van der Waals surface area (Å²) in [7, 11) is 0. The molecule has 28 heavy (non-hydrogen) atoms. The van der Waals surface area contributed by atoms with Gasteiger partial charge in [0.25, 0.3) is 0 Å². The van der Waals surface area contributed by atoms with E-state index < -0.39 is 0 Å². The zero-order valence-corrected chi connectivity index (χ0v) is 18.8. The van der Waals surface area contributed by atoms with Crippen molar-refractivity contribution in [1.82, 2.24) is 9.97 Å². The van der Waals surface area contributed by atoms with E-state index >= 15 is 0 Å². The van der Waals surface area contributed by atoms with Crippen molar-refractivity contribution in [3.8, 4) is 10.7 Å². The molecular formula is C24H31N3S. The zero-order valence-electron chi connectivity index (χ0n) is 18.0. The molecule has 0 atom stereocenters. The van der Waals surface area contributed by atoms with Gasteiger partial charge in [-0.1, -0.05) is 52.0 Å². The summed E-state index contributed by atoms with van der Waals surface area (Å²) in [4.78, 5) is 10.7. The summed E-state index contributed by atoms with van der Waals surface area (Å²) in [6.07, 6.45) is 1.91. The molecular weight excluding hydrogens is 362 g/mol. The molecule has 2 heterocycles. The minimum atomic E-state index is -0.309. The first kappa shape index (κ1) is 20.5. The van der Waals surface area contributed by atoms with Crippen LogP contribution in [0.5, 0.6) is 0 Å². The Kier molecular flexibility index (Phi) is 5.90. The highest BCUT2D eigenvalue weighted by Crippen LogP contribution is 2.36. The van der Waals surface area contributed by atoms with Crippen LogP contribution in [0.2, 0.25) is 0 Å². The van der Waals surface area contributed by atoms with Crippen LogP contribution >= 0.6 is 11.3 Å². The van der Waals surface area contributed by atoms with Gasteiger partial charge in [-0.15, -0.1) is 11.3 Å². The maximum Gasteiger partial charge on any atom is 0.142 e. The maximum atomic E-state index is 4.96. The number of nitrogens with one attached hydrogen (secondary N) is 1. The van der Waals surface area contributed by atoms with E-state index in [0.29, 0.717) is 11.8 Å². The highest BCUT2D eigenvalue weighted by Gasteiger charge is 2.26. The largest absolute Gasteiger partial charge is 0.374 e. The van der Waals surface area contributed by atoms with Crippen molar-refractivity contribution in [2.75, 3.05) is 5.32 Å². The Labute approximate surface area is 173 Å². The van der Waals surface area contributed by atoms with Crippen LogP contribution in [0.3, 0.4) is 0 Å². The number of thiazole rings is 1. The Bertz CT molecular complexity index is 928. The average Bonchev–Trinajstić information content (AvgIpc) is 3.08. The summed E-state index contributed by atoms with van der Waals surface area (Å²) in [6.45, 7) is 15.5. The van der Waals surface area contributed by atoms with Gasteiger partial charge in [0.1, 0.15) is 5.01 Å². The lowest BCUT2D eigenvalue weighted by molar-refractivity contribution is 0.584. The normalized spacial score (nSPS) is 12.0. The molecule has 0 bridgehead atoms. The van der Waals surface area contributed by atoms with Crippen molar-refractivity contribution in [1.29, 1.82) is 0 Å². The highest BCUT2D eigenvalue weighted by molar-refractivity contribution is 7.14. The summed E-state index contributed by atoms with van der Waals surface area (Å²) in [6, 6.07) is 12.9. The van der Waals surface area contributed by atoms with Crippen molar-refractivity contribution in [3.05, 3.63) is 64.3 Å². The van der Waals surface area contributed by atoms with E-state index in [-0.39, 0.29) is 5.54 Å². The number of anilines is 1. The fraction of sp³-hybridized carbons (Fsp3) is 0.417. The van der Waals surface area contributed by atoms with Gasteiger partial charge in [0.2, 0.25) is 0 Å². The SMILES string of the molecule is Cc1cnc(-c2cccc(C(C)(C)Nc3c(C(C)C)cccc3C(C)C)n2)s1. The van der Waals surface area contributed by atoms with Crippen LogP contribution in [-0.2, 0) is 5.54 Å². The molecule has 4 heteroatoms. The summed E-state index contributed by atoms with van der Waals surface area (Å²) in [5.74, 6) is 0.907. The fourth-order valence-corrected chi connectivity index (χ4v) is 4.18. The van der Waals surface area contributed by atoms with Crippen LogP contribution in [-0.4, -0.2) is 9.97 Å². The standard InChI is InChI=1S/C24H31N3S/c1-15(2)18-10-8-11-19(16(3)4)22(18)27-24(6,7)21-13-9-12-20(26-21)23-25-14-17(5)28-23/h8-16,27H,1-7H3. The third-order valence-electron chi connectivity index (χ3n) is 5.04. The van der Waals surface area contributed by atoms with E-state index in [9.17, 15) is 0 Å². The first-order valence-corrected chi connectivity index (χ1v) is 10.8. The minimum Gasteiger partial charge on any atom is -0.374 e. The zero-order chi connectivity index (χ0) is 20.5. The molecule has 0 aliphatic carbocycles. The molecule has 0 unspecified atom stereocenters. The summed E-state index contributed by atoms with van der Waals surface area (Å²) < 4.78 is 0. The molecule has 148 valence electrons. The monoisotopic (exact) mass is 393 g/mol. The van der Waals surface area contributed by atoms with Gasteiger partial charge >= 0.3 is 0 Å². The Morgan fingerprint density at radius 2 is 1.54 bits per heavy atom. The fourth-order valence-electron chi connectivity index (χ4n) is 3.45. The van der Waals surface area contributed by atoms with Gasteiger partial charge in [-0.25, -0.2) is 9.97 Å². The van der Waals surface area contributed by atoms with Crippen molar-refractivity contribution in [3.63, 3.8) is 0 Å². The molecule has 1 aromatic carbocycles. The third kappa shape index (κ3) is 4.27. The molecule has 1 N–H and O–H groups in total. The maximum absolute atomic E-state index is 4.96. The summed E-state index contributed by atoms with van der Waals surface area (Å²) in [5.41, 5.74) is 5.60. The van der Waals surface area contributed by atoms with Gasteiger partial charge in [0.15, 0.2) is 0 Å². The van der Waals surface area contributed by atoms with Crippen LogP contribution in [0.15, 0.2) is 42.6 Å².